The van der Waals surface area contributed by atoms with Crippen LogP contribution in [0.2, 0.25) is 0 Å². The van der Waals surface area contributed by atoms with Gasteiger partial charge in [-0.05, 0) is 23.6 Å². The number of nitrogens with one attached hydrogen (secondary N) is 2. The van der Waals surface area contributed by atoms with E-state index in [1.54, 1.807) is 0 Å². The Labute approximate surface area is 136 Å². The Morgan fingerprint density at radius 1 is 1.13 bits per heavy atom. The molecule has 1 saturated heterocycles. The molecule has 4 heteroatoms. The van der Waals surface area contributed by atoms with Gasteiger partial charge in [-0.15, -0.1) is 0 Å². The van der Waals surface area contributed by atoms with Crippen molar-refractivity contribution in [1.29, 1.82) is 0 Å². The summed E-state index contributed by atoms with van der Waals surface area (Å²) < 4.78 is 5.48. The minimum atomic E-state index is -0.394. The summed E-state index contributed by atoms with van der Waals surface area (Å²) in [6.07, 6.45) is -0.394. The van der Waals surface area contributed by atoms with Crippen molar-refractivity contribution in [1.82, 2.24) is 10.6 Å². The van der Waals surface area contributed by atoms with Crippen molar-refractivity contribution in [2.24, 2.45) is 0 Å². The molecule has 1 aliphatic rings. The summed E-state index contributed by atoms with van der Waals surface area (Å²) in [7, 11) is 0. The van der Waals surface area contributed by atoms with E-state index in [1.807, 2.05) is 25.1 Å². The summed E-state index contributed by atoms with van der Waals surface area (Å²) in [5.74, 6) is -0.0585. The van der Waals surface area contributed by atoms with Crippen molar-refractivity contribution < 1.29 is 9.53 Å². The summed E-state index contributed by atoms with van der Waals surface area (Å²) in [5.41, 5.74) is 3.45. The third-order valence-corrected chi connectivity index (χ3v) is 4.10. The topological polar surface area (TPSA) is 50.4 Å². The number of ether oxygens (including phenoxy) is 1. The van der Waals surface area contributed by atoms with Gasteiger partial charge in [-0.3, -0.25) is 4.79 Å². The Kier molecular flexibility index (Phi) is 5.05. The van der Waals surface area contributed by atoms with Crippen molar-refractivity contribution in [3.63, 3.8) is 0 Å². The average molecular weight is 310 g/mol. The number of hydrogen-bond donors (Lipinski definition) is 2. The molecule has 2 unspecified atom stereocenters. The Morgan fingerprint density at radius 2 is 1.83 bits per heavy atom. The molecule has 1 fully saturated rings. The lowest BCUT2D eigenvalue weighted by atomic mass is 10.0. The highest BCUT2D eigenvalue weighted by Gasteiger charge is 2.23. The predicted molar refractivity (Wildman–Crippen MR) is 91.0 cm³/mol. The Morgan fingerprint density at radius 3 is 2.48 bits per heavy atom. The molecule has 0 bridgehead atoms. The molecule has 2 aromatic carbocycles. The molecule has 2 aromatic rings. The van der Waals surface area contributed by atoms with Gasteiger partial charge in [-0.1, -0.05) is 54.6 Å². The van der Waals surface area contributed by atoms with Gasteiger partial charge in [0.05, 0.1) is 12.6 Å². The van der Waals surface area contributed by atoms with Gasteiger partial charge < -0.3 is 15.4 Å². The molecular formula is C19H22N2O2. The summed E-state index contributed by atoms with van der Waals surface area (Å²) in [6, 6.07) is 18.5. The lowest BCUT2D eigenvalue weighted by molar-refractivity contribution is -0.134. The molecular weight excluding hydrogens is 288 g/mol. The Balaban J connectivity index is 1.63. The van der Waals surface area contributed by atoms with Crippen molar-refractivity contribution >= 4 is 5.91 Å². The molecule has 120 valence electrons. The zero-order valence-corrected chi connectivity index (χ0v) is 13.3. The maximum absolute atomic E-state index is 12.2. The third-order valence-electron chi connectivity index (χ3n) is 4.10. The normalized spacial score (nSPS) is 19.1. The van der Waals surface area contributed by atoms with E-state index in [0.29, 0.717) is 13.2 Å². The van der Waals surface area contributed by atoms with Crippen LogP contribution in [0.1, 0.15) is 18.5 Å². The zero-order chi connectivity index (χ0) is 16.1. The second kappa shape index (κ2) is 7.40. The Bertz CT molecular complexity index is 634. The van der Waals surface area contributed by atoms with Crippen LogP contribution < -0.4 is 10.6 Å². The summed E-state index contributed by atoms with van der Waals surface area (Å²) >= 11 is 0. The number of morpholine rings is 1. The first-order chi connectivity index (χ1) is 11.2. The highest BCUT2D eigenvalue weighted by atomic mass is 16.5. The van der Waals surface area contributed by atoms with Crippen LogP contribution in [0.3, 0.4) is 0 Å². The van der Waals surface area contributed by atoms with E-state index in [1.165, 1.54) is 11.1 Å². The number of carbonyl (C=O) groups excluding carboxylic acids is 1. The maximum Gasteiger partial charge on any atom is 0.250 e. The first-order valence-electron chi connectivity index (χ1n) is 8.02. The van der Waals surface area contributed by atoms with Crippen LogP contribution >= 0.6 is 0 Å². The lowest BCUT2D eigenvalue weighted by Crippen LogP contribution is -2.48. The van der Waals surface area contributed by atoms with E-state index in [-0.39, 0.29) is 11.9 Å². The summed E-state index contributed by atoms with van der Waals surface area (Å²) in [5, 5.41) is 6.19. The first-order valence-corrected chi connectivity index (χ1v) is 8.02. The van der Waals surface area contributed by atoms with Gasteiger partial charge in [0, 0.05) is 13.1 Å². The van der Waals surface area contributed by atoms with Gasteiger partial charge in [-0.25, -0.2) is 0 Å². The van der Waals surface area contributed by atoms with Crippen LogP contribution in [0.5, 0.6) is 0 Å². The fraction of sp³-hybridized carbons (Fsp3) is 0.316. The molecule has 0 spiro atoms. The molecule has 0 aliphatic carbocycles. The smallest absolute Gasteiger partial charge is 0.250 e. The molecule has 3 rings (SSSR count). The van der Waals surface area contributed by atoms with Crippen LogP contribution in [0, 0.1) is 0 Å². The first kappa shape index (κ1) is 15.7. The largest absolute Gasteiger partial charge is 0.366 e. The van der Waals surface area contributed by atoms with E-state index in [4.69, 9.17) is 4.74 Å². The minimum absolute atomic E-state index is 0.0437. The van der Waals surface area contributed by atoms with Gasteiger partial charge in [0.2, 0.25) is 0 Å². The molecule has 1 heterocycles. The van der Waals surface area contributed by atoms with Crippen molar-refractivity contribution in [3.05, 3.63) is 60.2 Å². The van der Waals surface area contributed by atoms with Crippen LogP contribution in [-0.2, 0) is 9.53 Å². The van der Waals surface area contributed by atoms with E-state index in [2.05, 4.69) is 47.0 Å². The molecule has 1 aliphatic heterocycles. The number of amides is 1. The average Bonchev–Trinajstić information content (AvgIpc) is 2.63. The van der Waals surface area contributed by atoms with Crippen molar-refractivity contribution in [2.45, 2.75) is 19.1 Å². The molecule has 2 N–H and O–H groups in total. The van der Waals surface area contributed by atoms with Crippen LogP contribution in [0.15, 0.2) is 54.6 Å². The van der Waals surface area contributed by atoms with Gasteiger partial charge in [0.15, 0.2) is 0 Å². The van der Waals surface area contributed by atoms with E-state index in [9.17, 15) is 4.79 Å². The SMILES string of the molecule is CC(NC(=O)C1CNCCO1)c1ccc(-c2ccccc2)cc1. The molecule has 0 aromatic heterocycles. The summed E-state index contributed by atoms with van der Waals surface area (Å²) in [4.78, 5) is 12.2. The third kappa shape index (κ3) is 3.97. The standard InChI is InChI=1S/C19H22N2O2/c1-14(21-19(22)18-13-20-11-12-23-18)15-7-9-17(10-8-15)16-5-3-2-4-6-16/h2-10,14,18,20H,11-13H2,1H3,(H,21,22). The highest BCUT2D eigenvalue weighted by molar-refractivity contribution is 5.81. The van der Waals surface area contributed by atoms with E-state index < -0.39 is 6.10 Å². The summed E-state index contributed by atoms with van der Waals surface area (Å²) in [6.45, 7) is 3.95. The lowest BCUT2D eigenvalue weighted by Gasteiger charge is -2.24. The Hall–Kier alpha value is -2.17. The molecule has 4 nitrogen and oxygen atoms in total. The number of hydrogen-bond acceptors (Lipinski definition) is 3. The van der Waals surface area contributed by atoms with Crippen LogP contribution in [0.25, 0.3) is 11.1 Å². The fourth-order valence-corrected chi connectivity index (χ4v) is 2.72. The number of carbonyl (C=O) groups is 1. The molecule has 23 heavy (non-hydrogen) atoms. The predicted octanol–water partition coefficient (Wildman–Crippen LogP) is 2.52. The molecule has 1 amide bonds. The van der Waals surface area contributed by atoms with E-state index in [0.717, 1.165) is 12.1 Å². The quantitative estimate of drug-likeness (QED) is 0.912. The second-order valence-electron chi connectivity index (χ2n) is 5.78. The van der Waals surface area contributed by atoms with Gasteiger partial charge in [-0.2, -0.15) is 0 Å². The fourth-order valence-electron chi connectivity index (χ4n) is 2.72. The van der Waals surface area contributed by atoms with Gasteiger partial charge >= 0.3 is 0 Å². The monoisotopic (exact) mass is 310 g/mol. The van der Waals surface area contributed by atoms with Gasteiger partial charge in [0.25, 0.3) is 5.91 Å². The zero-order valence-electron chi connectivity index (χ0n) is 13.3. The number of benzene rings is 2. The second-order valence-corrected chi connectivity index (χ2v) is 5.78. The van der Waals surface area contributed by atoms with E-state index >= 15 is 0 Å². The van der Waals surface area contributed by atoms with Crippen LogP contribution in [0.4, 0.5) is 0 Å². The minimum Gasteiger partial charge on any atom is -0.366 e. The van der Waals surface area contributed by atoms with Crippen molar-refractivity contribution in [2.75, 3.05) is 19.7 Å². The van der Waals surface area contributed by atoms with Crippen molar-refractivity contribution in [3.8, 4) is 11.1 Å². The molecule has 0 saturated carbocycles. The maximum atomic E-state index is 12.2. The van der Waals surface area contributed by atoms with Gasteiger partial charge in [0.1, 0.15) is 6.10 Å². The number of rotatable bonds is 4. The molecule has 0 radical (unpaired) electrons. The molecule has 2 atom stereocenters. The highest BCUT2D eigenvalue weighted by Crippen LogP contribution is 2.21. The van der Waals surface area contributed by atoms with Crippen LogP contribution in [-0.4, -0.2) is 31.7 Å².